The molecule has 1 atom stereocenters. The predicted molar refractivity (Wildman–Crippen MR) is 89.8 cm³/mol. The molecule has 4 heteroatoms. The largest absolute Gasteiger partial charge is 0.309 e. The summed E-state index contributed by atoms with van der Waals surface area (Å²) < 4.78 is 2.09. The smallest absolute Gasteiger partial charge is 0.0834 e. The fourth-order valence-electron chi connectivity index (χ4n) is 3.51. The molecular formula is C17H30ClN3. The third kappa shape index (κ3) is 3.81. The van der Waals surface area contributed by atoms with Gasteiger partial charge in [0.25, 0.3) is 0 Å². The Bertz CT molecular complexity index is 455. The van der Waals surface area contributed by atoms with Crippen molar-refractivity contribution in [2.75, 3.05) is 6.54 Å². The molecule has 21 heavy (non-hydrogen) atoms. The summed E-state index contributed by atoms with van der Waals surface area (Å²) in [5.41, 5.74) is 1.67. The minimum absolute atomic E-state index is 0.323. The number of nitrogens with one attached hydrogen (secondary N) is 1. The lowest BCUT2D eigenvalue weighted by molar-refractivity contribution is 0.158. The number of nitrogens with zero attached hydrogens (tertiary/aromatic N) is 2. The standard InChI is InChI=1S/C17H30ClN3/c1-6-19-15(13-7-9-17(4,5)10-8-13)16-14(18)11-20-21(16)12(2)3/h11-13,15,19H,6-10H2,1-5H3. The summed E-state index contributed by atoms with van der Waals surface area (Å²) >= 11 is 6.47. The molecule has 1 aliphatic carbocycles. The van der Waals surface area contributed by atoms with Crippen LogP contribution in [0.25, 0.3) is 0 Å². The molecule has 1 fully saturated rings. The number of rotatable bonds is 5. The molecule has 3 nitrogen and oxygen atoms in total. The molecule has 1 saturated carbocycles. The zero-order valence-corrected chi connectivity index (χ0v) is 14.9. The van der Waals surface area contributed by atoms with E-state index >= 15 is 0 Å². The highest BCUT2D eigenvalue weighted by Gasteiger charge is 2.34. The Kier molecular flexibility index (Phi) is 5.37. The van der Waals surface area contributed by atoms with E-state index in [1.54, 1.807) is 6.20 Å². The predicted octanol–water partition coefficient (Wildman–Crippen LogP) is 4.98. The van der Waals surface area contributed by atoms with Crippen LogP contribution in [-0.4, -0.2) is 16.3 Å². The first-order chi connectivity index (χ1) is 9.85. The van der Waals surface area contributed by atoms with Crippen molar-refractivity contribution in [2.24, 2.45) is 11.3 Å². The van der Waals surface area contributed by atoms with Crippen LogP contribution in [0.1, 0.15) is 78.1 Å². The molecule has 1 N–H and O–H groups in total. The molecule has 0 amide bonds. The lowest BCUT2D eigenvalue weighted by Gasteiger charge is -2.38. The monoisotopic (exact) mass is 311 g/mol. The van der Waals surface area contributed by atoms with Gasteiger partial charge in [0.2, 0.25) is 0 Å². The second kappa shape index (κ2) is 6.70. The average Bonchev–Trinajstić information content (AvgIpc) is 2.78. The summed E-state index contributed by atoms with van der Waals surface area (Å²) in [5.74, 6) is 0.657. The molecule has 2 rings (SSSR count). The van der Waals surface area contributed by atoms with Gasteiger partial charge in [-0.1, -0.05) is 32.4 Å². The number of aromatic nitrogens is 2. The van der Waals surface area contributed by atoms with Gasteiger partial charge in [-0.25, -0.2) is 0 Å². The van der Waals surface area contributed by atoms with Crippen LogP contribution in [0.4, 0.5) is 0 Å². The van der Waals surface area contributed by atoms with Crippen molar-refractivity contribution in [3.63, 3.8) is 0 Å². The van der Waals surface area contributed by atoms with Crippen molar-refractivity contribution >= 4 is 11.6 Å². The van der Waals surface area contributed by atoms with E-state index in [0.717, 1.165) is 11.6 Å². The summed E-state index contributed by atoms with van der Waals surface area (Å²) in [6, 6.07) is 0.664. The van der Waals surface area contributed by atoms with Crippen LogP contribution in [-0.2, 0) is 0 Å². The number of halogens is 1. The van der Waals surface area contributed by atoms with E-state index in [2.05, 4.69) is 49.7 Å². The van der Waals surface area contributed by atoms with Crippen LogP contribution in [0.2, 0.25) is 5.02 Å². The van der Waals surface area contributed by atoms with Crippen molar-refractivity contribution in [1.29, 1.82) is 0 Å². The Morgan fingerprint density at radius 1 is 1.38 bits per heavy atom. The van der Waals surface area contributed by atoms with Gasteiger partial charge in [0.1, 0.15) is 0 Å². The fourth-order valence-corrected chi connectivity index (χ4v) is 3.76. The Labute approximate surface area is 134 Å². The van der Waals surface area contributed by atoms with Gasteiger partial charge in [-0.2, -0.15) is 5.10 Å². The molecule has 1 aliphatic rings. The molecule has 120 valence electrons. The van der Waals surface area contributed by atoms with Gasteiger partial charge in [0, 0.05) is 6.04 Å². The Balaban J connectivity index is 2.25. The first-order valence-electron chi connectivity index (χ1n) is 8.32. The van der Waals surface area contributed by atoms with Gasteiger partial charge in [-0.15, -0.1) is 0 Å². The van der Waals surface area contributed by atoms with E-state index < -0.39 is 0 Å². The van der Waals surface area contributed by atoms with Gasteiger partial charge in [0.15, 0.2) is 0 Å². The highest BCUT2D eigenvalue weighted by atomic mass is 35.5. The first kappa shape index (κ1) is 16.8. The van der Waals surface area contributed by atoms with Crippen LogP contribution in [0.15, 0.2) is 6.20 Å². The van der Waals surface area contributed by atoms with E-state index in [9.17, 15) is 0 Å². The van der Waals surface area contributed by atoms with Gasteiger partial charge in [0.05, 0.1) is 23.0 Å². The van der Waals surface area contributed by atoms with Gasteiger partial charge < -0.3 is 5.32 Å². The maximum atomic E-state index is 6.47. The third-order valence-electron chi connectivity index (χ3n) is 4.85. The van der Waals surface area contributed by atoms with Crippen molar-refractivity contribution in [1.82, 2.24) is 15.1 Å². The maximum Gasteiger partial charge on any atom is 0.0834 e. The van der Waals surface area contributed by atoms with Gasteiger partial charge in [-0.05, 0) is 57.4 Å². The quantitative estimate of drug-likeness (QED) is 0.830. The van der Waals surface area contributed by atoms with Gasteiger partial charge in [-0.3, -0.25) is 4.68 Å². The topological polar surface area (TPSA) is 29.9 Å². The van der Waals surface area contributed by atoms with Crippen LogP contribution in [0, 0.1) is 11.3 Å². The zero-order chi connectivity index (χ0) is 15.6. The number of hydrogen-bond acceptors (Lipinski definition) is 2. The SMILES string of the molecule is CCNC(c1c(Cl)cnn1C(C)C)C1CCC(C)(C)CC1. The van der Waals surface area contributed by atoms with Crippen molar-refractivity contribution in [3.8, 4) is 0 Å². The zero-order valence-electron chi connectivity index (χ0n) is 14.1. The van der Waals surface area contributed by atoms with E-state index in [0.29, 0.717) is 23.4 Å². The van der Waals surface area contributed by atoms with Crippen LogP contribution in [0.3, 0.4) is 0 Å². The van der Waals surface area contributed by atoms with Crippen molar-refractivity contribution in [2.45, 2.75) is 72.4 Å². The Morgan fingerprint density at radius 2 is 2.00 bits per heavy atom. The fraction of sp³-hybridized carbons (Fsp3) is 0.824. The molecule has 0 spiro atoms. The summed E-state index contributed by atoms with van der Waals surface area (Å²) in [6.07, 6.45) is 6.93. The Hall–Kier alpha value is -0.540. The van der Waals surface area contributed by atoms with Crippen molar-refractivity contribution < 1.29 is 0 Å². The molecule has 0 bridgehead atoms. The normalized spacial score (nSPS) is 20.9. The minimum atomic E-state index is 0.323. The third-order valence-corrected chi connectivity index (χ3v) is 5.14. The molecule has 0 saturated heterocycles. The van der Waals surface area contributed by atoms with Crippen LogP contribution in [0.5, 0.6) is 0 Å². The lowest BCUT2D eigenvalue weighted by atomic mass is 9.70. The van der Waals surface area contributed by atoms with Crippen LogP contribution < -0.4 is 5.32 Å². The van der Waals surface area contributed by atoms with Crippen LogP contribution >= 0.6 is 11.6 Å². The highest BCUT2D eigenvalue weighted by Crippen LogP contribution is 2.44. The summed E-state index contributed by atoms with van der Waals surface area (Å²) in [5, 5.41) is 8.96. The second-order valence-corrected chi connectivity index (χ2v) is 7.86. The summed E-state index contributed by atoms with van der Waals surface area (Å²) in [7, 11) is 0. The molecular weight excluding hydrogens is 282 g/mol. The van der Waals surface area contributed by atoms with E-state index in [4.69, 9.17) is 11.6 Å². The highest BCUT2D eigenvalue weighted by molar-refractivity contribution is 6.31. The molecule has 1 heterocycles. The molecule has 0 aliphatic heterocycles. The maximum absolute atomic E-state index is 6.47. The molecule has 1 aromatic heterocycles. The molecule has 1 aromatic rings. The van der Waals surface area contributed by atoms with E-state index in [1.165, 1.54) is 31.4 Å². The lowest BCUT2D eigenvalue weighted by Crippen LogP contribution is -2.34. The molecule has 1 unspecified atom stereocenters. The average molecular weight is 312 g/mol. The summed E-state index contributed by atoms with van der Waals surface area (Å²) in [6.45, 7) is 12.2. The van der Waals surface area contributed by atoms with Gasteiger partial charge >= 0.3 is 0 Å². The van der Waals surface area contributed by atoms with Crippen molar-refractivity contribution in [3.05, 3.63) is 16.9 Å². The second-order valence-electron chi connectivity index (χ2n) is 7.45. The van der Waals surface area contributed by atoms with E-state index in [-0.39, 0.29) is 0 Å². The minimum Gasteiger partial charge on any atom is -0.309 e. The first-order valence-corrected chi connectivity index (χ1v) is 8.70. The summed E-state index contributed by atoms with van der Waals surface area (Å²) in [4.78, 5) is 0. The molecule has 0 aromatic carbocycles. The van der Waals surface area contributed by atoms with E-state index in [1.807, 2.05) is 0 Å². The number of hydrogen-bond donors (Lipinski definition) is 1. The molecule has 0 radical (unpaired) electrons. The Morgan fingerprint density at radius 3 is 2.52 bits per heavy atom.